The standard InChI is InChI=1S/C40H30N3/c41-40(42-35-24-34(35)25-10-2-1-3-11-25)27-18-21-28(22-19-27)43-36-17-9-8-16-33(36)38-37-29-13-5-4-12-26(29)20-23-31(37)30-14-6-7-15-32(30)39(38)43/h1-23,34-35,40-42H,24H2/q-1. The lowest BCUT2D eigenvalue weighted by Crippen LogP contribution is -2.21. The maximum absolute atomic E-state index is 8.90. The number of benzene rings is 7. The van der Waals surface area contributed by atoms with E-state index in [2.05, 4.69) is 149 Å². The maximum Gasteiger partial charge on any atom is 0.0626 e. The van der Waals surface area contributed by atoms with E-state index in [1.165, 1.54) is 59.7 Å². The van der Waals surface area contributed by atoms with Crippen molar-refractivity contribution in [3.05, 3.63) is 156 Å². The summed E-state index contributed by atoms with van der Waals surface area (Å²) in [6, 6.07) is 50.5. The van der Waals surface area contributed by atoms with E-state index in [-0.39, 0.29) is 0 Å². The van der Waals surface area contributed by atoms with Crippen molar-refractivity contribution in [1.82, 2.24) is 9.88 Å². The quantitative estimate of drug-likeness (QED) is 0.212. The minimum atomic E-state index is -0.456. The van der Waals surface area contributed by atoms with E-state index in [9.17, 15) is 0 Å². The third-order valence-corrected chi connectivity index (χ3v) is 9.41. The van der Waals surface area contributed by atoms with Crippen LogP contribution in [0.1, 0.15) is 29.6 Å². The van der Waals surface area contributed by atoms with Gasteiger partial charge in [-0.15, -0.1) is 0 Å². The summed E-state index contributed by atoms with van der Waals surface area (Å²) < 4.78 is 2.43. The van der Waals surface area contributed by atoms with Crippen LogP contribution in [0, 0.1) is 0 Å². The molecule has 1 aromatic heterocycles. The molecule has 1 heterocycles. The zero-order valence-corrected chi connectivity index (χ0v) is 23.7. The van der Waals surface area contributed by atoms with E-state index in [1.54, 1.807) is 0 Å². The first-order valence-electron chi connectivity index (χ1n) is 15.1. The monoisotopic (exact) mass is 552 g/mol. The number of nitrogens with zero attached hydrogens (tertiary/aromatic N) is 1. The van der Waals surface area contributed by atoms with E-state index in [0.29, 0.717) is 12.0 Å². The molecule has 3 heteroatoms. The third kappa shape index (κ3) is 3.82. The molecule has 0 bridgehead atoms. The van der Waals surface area contributed by atoms with Crippen molar-refractivity contribution < 1.29 is 0 Å². The molecule has 8 aromatic rings. The molecule has 1 fully saturated rings. The smallest absolute Gasteiger partial charge is 0.0626 e. The Kier molecular flexibility index (Phi) is 5.46. The van der Waals surface area contributed by atoms with Gasteiger partial charge in [0.25, 0.3) is 0 Å². The first-order valence-corrected chi connectivity index (χ1v) is 15.1. The summed E-state index contributed by atoms with van der Waals surface area (Å²) in [5.41, 5.74) is 14.8. The number of rotatable bonds is 5. The van der Waals surface area contributed by atoms with Gasteiger partial charge in [0.15, 0.2) is 0 Å². The maximum atomic E-state index is 8.90. The lowest BCUT2D eigenvalue weighted by Gasteiger charge is -2.23. The number of nitrogens with one attached hydrogen (secondary N) is 2. The Labute approximate surface area is 250 Å². The summed E-state index contributed by atoms with van der Waals surface area (Å²) in [6.07, 6.45) is 0.635. The Morgan fingerprint density at radius 3 is 2.07 bits per heavy atom. The second-order valence-corrected chi connectivity index (χ2v) is 11.9. The largest absolute Gasteiger partial charge is 0.658 e. The molecule has 2 N–H and O–H groups in total. The Morgan fingerprint density at radius 2 is 1.26 bits per heavy atom. The van der Waals surface area contributed by atoms with Crippen LogP contribution in [0.5, 0.6) is 0 Å². The van der Waals surface area contributed by atoms with Crippen molar-refractivity contribution in [3.63, 3.8) is 0 Å². The molecule has 0 saturated heterocycles. The zero-order chi connectivity index (χ0) is 28.5. The SMILES string of the molecule is [NH-]C(NC1CC1c1ccccc1)c1ccc(-n2c3ccccc3c3c4c5ccccc5ccc4c4ccccc4c32)cc1. The lowest BCUT2D eigenvalue weighted by atomic mass is 9.93. The lowest BCUT2D eigenvalue weighted by molar-refractivity contribution is 0.607. The zero-order valence-electron chi connectivity index (χ0n) is 23.7. The average Bonchev–Trinajstić information content (AvgIpc) is 3.75. The summed E-state index contributed by atoms with van der Waals surface area (Å²) in [5.74, 6) is 0.505. The van der Waals surface area contributed by atoms with Gasteiger partial charge in [0, 0.05) is 39.2 Å². The van der Waals surface area contributed by atoms with Gasteiger partial charge >= 0.3 is 0 Å². The van der Waals surface area contributed by atoms with Gasteiger partial charge in [-0.2, -0.15) is 0 Å². The summed E-state index contributed by atoms with van der Waals surface area (Å²) in [7, 11) is 0. The molecule has 3 nitrogen and oxygen atoms in total. The second-order valence-electron chi connectivity index (χ2n) is 11.9. The van der Waals surface area contributed by atoms with E-state index in [0.717, 1.165) is 17.7 Å². The molecule has 0 aliphatic heterocycles. The Bertz CT molecular complexity index is 2320. The molecule has 7 aromatic carbocycles. The van der Waals surface area contributed by atoms with Crippen LogP contribution >= 0.6 is 0 Å². The van der Waals surface area contributed by atoms with E-state index < -0.39 is 6.17 Å². The van der Waals surface area contributed by atoms with Crippen molar-refractivity contribution in [1.29, 1.82) is 0 Å². The van der Waals surface area contributed by atoms with Gasteiger partial charge in [0.1, 0.15) is 0 Å². The second kappa shape index (κ2) is 9.53. The molecule has 3 unspecified atom stereocenters. The molecule has 1 aliphatic rings. The van der Waals surface area contributed by atoms with Gasteiger partial charge in [-0.1, -0.05) is 133 Å². The van der Waals surface area contributed by atoms with E-state index in [4.69, 9.17) is 5.73 Å². The van der Waals surface area contributed by atoms with Gasteiger partial charge in [-0.3, -0.25) is 0 Å². The molecule has 1 aliphatic carbocycles. The van der Waals surface area contributed by atoms with Crippen LogP contribution in [0.4, 0.5) is 0 Å². The predicted octanol–water partition coefficient (Wildman–Crippen LogP) is 10.4. The van der Waals surface area contributed by atoms with Gasteiger partial charge in [-0.25, -0.2) is 0 Å². The summed E-state index contributed by atoms with van der Waals surface area (Å²) in [5, 5.41) is 13.8. The molecule has 1 saturated carbocycles. The molecule has 0 spiro atoms. The van der Waals surface area contributed by atoms with Crippen molar-refractivity contribution in [2.45, 2.75) is 24.5 Å². The first kappa shape index (κ1) is 24.6. The highest BCUT2D eigenvalue weighted by atomic mass is 15.1. The summed E-state index contributed by atoms with van der Waals surface area (Å²) in [6.45, 7) is 0. The molecule has 3 atom stereocenters. The number of aromatic nitrogens is 1. The van der Waals surface area contributed by atoms with Gasteiger partial charge in [0.2, 0.25) is 0 Å². The topological polar surface area (TPSA) is 40.8 Å². The average molecular weight is 553 g/mol. The highest BCUT2D eigenvalue weighted by Crippen LogP contribution is 2.45. The fourth-order valence-electron chi connectivity index (χ4n) is 7.28. The van der Waals surface area contributed by atoms with Crippen LogP contribution < -0.4 is 5.32 Å². The fraction of sp³-hybridized carbons (Fsp3) is 0.100. The minimum Gasteiger partial charge on any atom is -0.658 e. The summed E-state index contributed by atoms with van der Waals surface area (Å²) >= 11 is 0. The number of hydrogen-bond acceptors (Lipinski definition) is 1. The third-order valence-electron chi connectivity index (χ3n) is 9.41. The Hall–Kier alpha value is -4.96. The molecular weight excluding hydrogens is 522 g/mol. The van der Waals surface area contributed by atoms with Crippen molar-refractivity contribution in [2.24, 2.45) is 0 Å². The van der Waals surface area contributed by atoms with Crippen LogP contribution in [0.2, 0.25) is 0 Å². The Balaban J connectivity index is 1.21. The van der Waals surface area contributed by atoms with Gasteiger partial charge < -0.3 is 15.6 Å². The van der Waals surface area contributed by atoms with Gasteiger partial charge in [-0.05, 0) is 51.7 Å². The number of para-hydroxylation sites is 1. The van der Waals surface area contributed by atoms with Crippen LogP contribution in [0.15, 0.2) is 140 Å². The predicted molar refractivity (Wildman–Crippen MR) is 181 cm³/mol. The van der Waals surface area contributed by atoms with Crippen molar-refractivity contribution >= 4 is 54.1 Å². The van der Waals surface area contributed by atoms with Crippen LogP contribution in [0.3, 0.4) is 0 Å². The number of fused-ring (bicyclic) bond motifs is 10. The molecule has 206 valence electrons. The highest BCUT2D eigenvalue weighted by Gasteiger charge is 2.38. The normalized spacial score (nSPS) is 17.3. The highest BCUT2D eigenvalue weighted by molar-refractivity contribution is 6.36. The van der Waals surface area contributed by atoms with Crippen molar-refractivity contribution in [3.8, 4) is 5.69 Å². The molecule has 43 heavy (non-hydrogen) atoms. The summed E-state index contributed by atoms with van der Waals surface area (Å²) in [4.78, 5) is 0. The minimum absolute atomic E-state index is 0.358. The van der Waals surface area contributed by atoms with Crippen molar-refractivity contribution in [2.75, 3.05) is 0 Å². The number of hydrogen-bond donors (Lipinski definition) is 1. The van der Waals surface area contributed by atoms with E-state index >= 15 is 0 Å². The molecular formula is C40H30N3-. The fourth-order valence-corrected chi connectivity index (χ4v) is 7.28. The Morgan fingerprint density at radius 1 is 0.581 bits per heavy atom. The van der Waals surface area contributed by atoms with E-state index in [1.807, 2.05) is 0 Å². The molecule has 9 rings (SSSR count). The first-order chi connectivity index (χ1) is 21.3. The molecule has 0 amide bonds. The van der Waals surface area contributed by atoms with Crippen LogP contribution in [-0.2, 0) is 0 Å². The van der Waals surface area contributed by atoms with Crippen LogP contribution in [-0.4, -0.2) is 10.6 Å². The molecule has 0 radical (unpaired) electrons. The van der Waals surface area contributed by atoms with Crippen LogP contribution in [0.25, 0.3) is 65.5 Å². The van der Waals surface area contributed by atoms with Gasteiger partial charge in [0.05, 0.1) is 11.0 Å².